The molecule has 1 N–H and O–H groups in total. The molecule has 0 bridgehead atoms. The van der Waals surface area contributed by atoms with Gasteiger partial charge in [0.1, 0.15) is 0 Å². The molecule has 2 aliphatic heterocycles. The van der Waals surface area contributed by atoms with E-state index in [0.717, 1.165) is 44.3 Å². The Bertz CT molecular complexity index is 718. The summed E-state index contributed by atoms with van der Waals surface area (Å²) in [6, 6.07) is 6.43. The average Bonchev–Trinajstić information content (AvgIpc) is 2.69. The maximum atomic E-state index is 12.4. The monoisotopic (exact) mass is 370 g/mol. The van der Waals surface area contributed by atoms with Crippen molar-refractivity contribution in [3.05, 3.63) is 41.5 Å². The number of aromatic carboxylic acids is 1. The third-order valence-corrected chi connectivity index (χ3v) is 5.40. The fourth-order valence-electron chi connectivity index (χ4n) is 3.71. The van der Waals surface area contributed by atoms with Crippen LogP contribution in [0.2, 0.25) is 0 Å². The van der Waals surface area contributed by atoms with Gasteiger partial charge in [-0.1, -0.05) is 12.1 Å². The standard InChI is InChI=1S/C21H26N2O4/c24-19-3-1-2-12-23(19)15-17-10-13-22(14-11-17)20(25)9-6-16-4-7-18(8-5-16)21(26)27/h4-9,17H,1-3,10-15H2,(H,26,27)/b9-6+. The van der Waals surface area contributed by atoms with Crippen LogP contribution < -0.4 is 0 Å². The Morgan fingerprint density at radius 1 is 1.07 bits per heavy atom. The van der Waals surface area contributed by atoms with Gasteiger partial charge in [0.15, 0.2) is 0 Å². The second kappa shape index (κ2) is 8.84. The van der Waals surface area contributed by atoms with Gasteiger partial charge in [0.05, 0.1) is 5.56 Å². The third kappa shape index (κ3) is 5.18. The highest BCUT2D eigenvalue weighted by atomic mass is 16.4. The van der Waals surface area contributed by atoms with Gasteiger partial charge < -0.3 is 14.9 Å². The lowest BCUT2D eigenvalue weighted by atomic mass is 9.95. The molecule has 6 heteroatoms. The van der Waals surface area contributed by atoms with Crippen molar-refractivity contribution >= 4 is 23.9 Å². The smallest absolute Gasteiger partial charge is 0.335 e. The van der Waals surface area contributed by atoms with E-state index in [2.05, 4.69) is 0 Å². The molecule has 0 aromatic heterocycles. The molecule has 0 aliphatic carbocycles. The third-order valence-electron chi connectivity index (χ3n) is 5.40. The number of piperidine rings is 2. The largest absolute Gasteiger partial charge is 0.478 e. The van der Waals surface area contributed by atoms with Crippen LogP contribution in [-0.4, -0.2) is 58.9 Å². The second-order valence-corrected chi connectivity index (χ2v) is 7.33. The van der Waals surface area contributed by atoms with E-state index in [1.165, 1.54) is 12.1 Å². The van der Waals surface area contributed by atoms with Gasteiger partial charge in [-0.2, -0.15) is 0 Å². The van der Waals surface area contributed by atoms with Crippen molar-refractivity contribution in [3.63, 3.8) is 0 Å². The molecule has 2 saturated heterocycles. The van der Waals surface area contributed by atoms with Gasteiger partial charge in [0.25, 0.3) is 0 Å². The predicted molar refractivity (Wildman–Crippen MR) is 102 cm³/mol. The van der Waals surface area contributed by atoms with Gasteiger partial charge in [-0.25, -0.2) is 4.79 Å². The molecule has 2 aliphatic rings. The highest BCUT2D eigenvalue weighted by molar-refractivity contribution is 5.92. The van der Waals surface area contributed by atoms with Crippen molar-refractivity contribution in [3.8, 4) is 0 Å². The fourth-order valence-corrected chi connectivity index (χ4v) is 3.71. The number of rotatable bonds is 5. The quantitative estimate of drug-likeness (QED) is 0.809. The first kappa shape index (κ1) is 19.1. The van der Waals surface area contributed by atoms with Gasteiger partial charge in [0.2, 0.25) is 11.8 Å². The van der Waals surface area contributed by atoms with E-state index < -0.39 is 5.97 Å². The summed E-state index contributed by atoms with van der Waals surface area (Å²) in [7, 11) is 0. The SMILES string of the molecule is O=C(O)c1ccc(/C=C/C(=O)N2CCC(CN3CCCCC3=O)CC2)cc1. The number of benzene rings is 1. The molecular formula is C21H26N2O4. The zero-order chi connectivity index (χ0) is 19.2. The zero-order valence-electron chi connectivity index (χ0n) is 15.5. The van der Waals surface area contributed by atoms with E-state index in [-0.39, 0.29) is 17.4 Å². The van der Waals surface area contributed by atoms with Crippen LogP contribution in [0, 0.1) is 5.92 Å². The minimum Gasteiger partial charge on any atom is -0.478 e. The Hall–Kier alpha value is -2.63. The van der Waals surface area contributed by atoms with Gasteiger partial charge in [-0.05, 0) is 55.4 Å². The van der Waals surface area contributed by atoms with E-state index >= 15 is 0 Å². The molecule has 0 saturated carbocycles. The van der Waals surface area contributed by atoms with E-state index in [9.17, 15) is 14.4 Å². The van der Waals surface area contributed by atoms with E-state index in [1.54, 1.807) is 24.3 Å². The summed E-state index contributed by atoms with van der Waals surface area (Å²) in [4.78, 5) is 39.0. The van der Waals surface area contributed by atoms with Gasteiger partial charge in [0, 0.05) is 38.7 Å². The Morgan fingerprint density at radius 3 is 2.41 bits per heavy atom. The van der Waals surface area contributed by atoms with Crippen LogP contribution >= 0.6 is 0 Å². The summed E-state index contributed by atoms with van der Waals surface area (Å²) in [5.74, 6) is -0.235. The molecule has 3 rings (SSSR count). The van der Waals surface area contributed by atoms with Crippen LogP contribution in [0.1, 0.15) is 48.0 Å². The van der Waals surface area contributed by atoms with Crippen LogP contribution in [-0.2, 0) is 9.59 Å². The molecular weight excluding hydrogens is 344 g/mol. The maximum absolute atomic E-state index is 12.4. The van der Waals surface area contributed by atoms with Crippen molar-refractivity contribution in [1.29, 1.82) is 0 Å². The predicted octanol–water partition coefficient (Wildman–Crippen LogP) is 2.65. The summed E-state index contributed by atoms with van der Waals surface area (Å²) in [5, 5.41) is 8.90. The fraction of sp³-hybridized carbons (Fsp3) is 0.476. The van der Waals surface area contributed by atoms with Crippen molar-refractivity contribution in [2.75, 3.05) is 26.2 Å². The number of carboxylic acids is 1. The minimum absolute atomic E-state index is 0.0233. The lowest BCUT2D eigenvalue weighted by molar-refractivity contribution is -0.135. The Kier molecular flexibility index (Phi) is 6.27. The van der Waals surface area contributed by atoms with Crippen molar-refractivity contribution in [2.45, 2.75) is 32.1 Å². The molecule has 0 radical (unpaired) electrons. The number of likely N-dealkylation sites (tertiary alicyclic amines) is 2. The summed E-state index contributed by atoms with van der Waals surface area (Å²) >= 11 is 0. The van der Waals surface area contributed by atoms with Gasteiger partial charge in [-0.3, -0.25) is 9.59 Å². The first-order valence-corrected chi connectivity index (χ1v) is 9.61. The van der Waals surface area contributed by atoms with Crippen LogP contribution in [0.5, 0.6) is 0 Å². The number of carbonyl (C=O) groups is 3. The van der Waals surface area contributed by atoms with Gasteiger partial charge >= 0.3 is 5.97 Å². The number of hydrogen-bond donors (Lipinski definition) is 1. The molecule has 2 amide bonds. The first-order chi connectivity index (χ1) is 13.0. The van der Waals surface area contributed by atoms with E-state index in [0.29, 0.717) is 25.4 Å². The topological polar surface area (TPSA) is 77.9 Å². The Balaban J connectivity index is 1.46. The lowest BCUT2D eigenvalue weighted by Crippen LogP contribution is -2.43. The van der Waals surface area contributed by atoms with Crippen molar-refractivity contribution in [2.24, 2.45) is 5.92 Å². The lowest BCUT2D eigenvalue weighted by Gasteiger charge is -2.35. The number of carbonyl (C=O) groups excluding carboxylic acids is 2. The van der Waals surface area contributed by atoms with Crippen molar-refractivity contribution < 1.29 is 19.5 Å². The van der Waals surface area contributed by atoms with Crippen LogP contribution in [0.15, 0.2) is 30.3 Å². The molecule has 1 aromatic rings. The molecule has 0 atom stereocenters. The maximum Gasteiger partial charge on any atom is 0.335 e. The molecule has 0 spiro atoms. The van der Waals surface area contributed by atoms with E-state index in [1.807, 2.05) is 9.80 Å². The average molecular weight is 370 g/mol. The Labute approximate surface area is 159 Å². The summed E-state index contributed by atoms with van der Waals surface area (Å²) in [6.07, 6.45) is 7.90. The molecule has 2 fully saturated rings. The second-order valence-electron chi connectivity index (χ2n) is 7.33. The normalized spacial score (nSPS) is 18.9. The number of carboxylic acid groups (broad SMARTS) is 1. The summed E-state index contributed by atoms with van der Waals surface area (Å²) < 4.78 is 0. The van der Waals surface area contributed by atoms with Crippen LogP contribution in [0.25, 0.3) is 6.08 Å². The molecule has 0 unspecified atom stereocenters. The van der Waals surface area contributed by atoms with Crippen LogP contribution in [0.4, 0.5) is 0 Å². The number of nitrogens with zero attached hydrogens (tertiary/aromatic N) is 2. The van der Waals surface area contributed by atoms with Crippen molar-refractivity contribution in [1.82, 2.24) is 9.80 Å². The summed E-state index contributed by atoms with van der Waals surface area (Å²) in [5.41, 5.74) is 1.03. The number of amides is 2. The van der Waals surface area contributed by atoms with E-state index in [4.69, 9.17) is 5.11 Å². The molecule has 27 heavy (non-hydrogen) atoms. The molecule has 6 nitrogen and oxygen atoms in total. The first-order valence-electron chi connectivity index (χ1n) is 9.61. The minimum atomic E-state index is -0.962. The van der Waals surface area contributed by atoms with Gasteiger partial charge in [-0.15, -0.1) is 0 Å². The molecule has 1 aromatic carbocycles. The highest BCUT2D eigenvalue weighted by Gasteiger charge is 2.26. The molecule has 2 heterocycles. The Morgan fingerprint density at radius 2 is 1.78 bits per heavy atom. The van der Waals surface area contributed by atoms with Crippen LogP contribution in [0.3, 0.4) is 0 Å². The summed E-state index contributed by atoms with van der Waals surface area (Å²) in [6.45, 7) is 3.13. The zero-order valence-corrected chi connectivity index (χ0v) is 15.5. The molecule has 144 valence electrons. The number of hydrogen-bond acceptors (Lipinski definition) is 3. The highest BCUT2D eigenvalue weighted by Crippen LogP contribution is 2.21.